The van der Waals surface area contributed by atoms with Crippen LogP contribution in [0, 0.1) is 5.92 Å². The number of likely N-dealkylation sites (tertiary alicyclic amines) is 2. The van der Waals surface area contributed by atoms with Crippen molar-refractivity contribution in [2.45, 2.75) is 38.2 Å². The summed E-state index contributed by atoms with van der Waals surface area (Å²) in [7, 11) is 0. The van der Waals surface area contributed by atoms with Gasteiger partial charge in [-0.3, -0.25) is 4.79 Å². The fourth-order valence-electron chi connectivity index (χ4n) is 2.91. The summed E-state index contributed by atoms with van der Waals surface area (Å²) in [6.45, 7) is 2.46. The molecule has 0 aromatic carbocycles. The number of nitrogens with zero attached hydrogens (tertiary/aromatic N) is 2. The number of amides is 2. The maximum atomic E-state index is 12.3. The number of hydrogen-bond donors (Lipinski definition) is 2. The van der Waals surface area contributed by atoms with Crippen molar-refractivity contribution in [3.8, 4) is 0 Å². The van der Waals surface area contributed by atoms with Crippen LogP contribution in [0.2, 0.25) is 0 Å². The summed E-state index contributed by atoms with van der Waals surface area (Å²) in [5.41, 5.74) is 0. The summed E-state index contributed by atoms with van der Waals surface area (Å²) in [6, 6.07) is 0.00184. The third kappa shape index (κ3) is 3.83. The molecule has 2 amide bonds. The van der Waals surface area contributed by atoms with Gasteiger partial charge < -0.3 is 20.0 Å². The van der Waals surface area contributed by atoms with Gasteiger partial charge in [0.2, 0.25) is 0 Å². The Bertz CT molecular complexity index is 340. The number of aliphatic carboxylic acids is 1. The number of carboxylic acid groups (broad SMARTS) is 1. The molecule has 0 radical (unpaired) electrons. The molecule has 108 valence electrons. The lowest BCUT2D eigenvalue weighted by molar-refractivity contribution is -0.138. The Labute approximate surface area is 113 Å². The first kappa shape index (κ1) is 14.1. The molecule has 6 nitrogen and oxygen atoms in total. The number of carbonyl (C=O) groups excluding carboxylic acids is 1. The molecule has 2 aliphatic heterocycles. The molecule has 19 heavy (non-hydrogen) atoms. The lowest BCUT2D eigenvalue weighted by Crippen LogP contribution is -2.50. The summed E-state index contributed by atoms with van der Waals surface area (Å²) in [5.74, 6) is -0.717. The molecule has 0 bridgehead atoms. The van der Waals surface area contributed by atoms with Crippen LogP contribution < -0.4 is 0 Å². The maximum absolute atomic E-state index is 12.3. The summed E-state index contributed by atoms with van der Waals surface area (Å²) < 4.78 is 0. The molecule has 0 saturated carbocycles. The van der Waals surface area contributed by atoms with Gasteiger partial charge in [-0.1, -0.05) is 0 Å². The molecule has 2 aliphatic rings. The Balaban J connectivity index is 1.86. The lowest BCUT2D eigenvalue weighted by Gasteiger charge is -2.38. The first-order valence-electron chi connectivity index (χ1n) is 7.00. The fraction of sp³-hybridized carbons (Fsp3) is 0.846. The molecule has 2 heterocycles. The highest BCUT2D eigenvalue weighted by Gasteiger charge is 2.29. The molecule has 1 unspecified atom stereocenters. The molecular weight excluding hydrogens is 248 g/mol. The normalized spacial score (nSPS) is 25.4. The largest absolute Gasteiger partial charge is 0.481 e. The van der Waals surface area contributed by atoms with Crippen molar-refractivity contribution in [1.29, 1.82) is 0 Å². The SMILES string of the molecule is O=C(O)CC1CCCN(C(=O)N2CCC(O)CC2)C1. The second-order valence-corrected chi connectivity index (χ2v) is 5.55. The Morgan fingerprint density at radius 2 is 1.74 bits per heavy atom. The molecule has 6 heteroatoms. The van der Waals surface area contributed by atoms with Crippen LogP contribution in [-0.2, 0) is 4.79 Å². The van der Waals surface area contributed by atoms with E-state index in [1.54, 1.807) is 9.80 Å². The van der Waals surface area contributed by atoms with Gasteiger partial charge in [-0.15, -0.1) is 0 Å². The van der Waals surface area contributed by atoms with Crippen molar-refractivity contribution in [3.05, 3.63) is 0 Å². The zero-order valence-corrected chi connectivity index (χ0v) is 11.1. The smallest absolute Gasteiger partial charge is 0.320 e. The van der Waals surface area contributed by atoms with E-state index in [-0.39, 0.29) is 24.5 Å². The van der Waals surface area contributed by atoms with Gasteiger partial charge in [0.1, 0.15) is 0 Å². The predicted molar refractivity (Wildman–Crippen MR) is 68.8 cm³/mol. The topological polar surface area (TPSA) is 81.1 Å². The van der Waals surface area contributed by atoms with E-state index in [2.05, 4.69) is 0 Å². The first-order chi connectivity index (χ1) is 9.06. The summed E-state index contributed by atoms with van der Waals surface area (Å²) in [6.07, 6.45) is 2.89. The van der Waals surface area contributed by atoms with E-state index in [9.17, 15) is 14.7 Å². The van der Waals surface area contributed by atoms with Crippen molar-refractivity contribution in [1.82, 2.24) is 9.80 Å². The molecule has 0 aromatic heterocycles. The highest BCUT2D eigenvalue weighted by molar-refractivity contribution is 5.75. The van der Waals surface area contributed by atoms with E-state index in [4.69, 9.17) is 5.11 Å². The van der Waals surface area contributed by atoms with Crippen LogP contribution in [-0.4, -0.2) is 64.3 Å². The van der Waals surface area contributed by atoms with Gasteiger partial charge in [-0.25, -0.2) is 4.79 Å². The van der Waals surface area contributed by atoms with Crippen LogP contribution in [0.3, 0.4) is 0 Å². The van der Waals surface area contributed by atoms with Crippen LogP contribution in [0.5, 0.6) is 0 Å². The quantitative estimate of drug-likeness (QED) is 0.776. The summed E-state index contributed by atoms with van der Waals surface area (Å²) in [5, 5.41) is 18.3. The third-order valence-electron chi connectivity index (χ3n) is 3.99. The van der Waals surface area contributed by atoms with E-state index < -0.39 is 5.97 Å². The van der Waals surface area contributed by atoms with Crippen molar-refractivity contribution in [2.24, 2.45) is 5.92 Å². The van der Waals surface area contributed by atoms with Crippen molar-refractivity contribution < 1.29 is 19.8 Å². The zero-order chi connectivity index (χ0) is 13.8. The number of hydrogen-bond acceptors (Lipinski definition) is 3. The van der Waals surface area contributed by atoms with Gasteiger partial charge in [-0.05, 0) is 31.6 Å². The van der Waals surface area contributed by atoms with E-state index >= 15 is 0 Å². The highest BCUT2D eigenvalue weighted by atomic mass is 16.4. The molecule has 0 aromatic rings. The maximum Gasteiger partial charge on any atom is 0.320 e. The fourth-order valence-corrected chi connectivity index (χ4v) is 2.91. The Hall–Kier alpha value is -1.30. The average Bonchev–Trinajstić information content (AvgIpc) is 2.38. The molecule has 2 rings (SSSR count). The van der Waals surface area contributed by atoms with Gasteiger partial charge in [0, 0.05) is 32.6 Å². The van der Waals surface area contributed by atoms with Crippen LogP contribution >= 0.6 is 0 Å². The zero-order valence-electron chi connectivity index (χ0n) is 11.1. The average molecular weight is 270 g/mol. The molecule has 1 atom stereocenters. The third-order valence-corrected chi connectivity index (χ3v) is 3.99. The molecule has 2 N–H and O–H groups in total. The van der Waals surface area contributed by atoms with Crippen LogP contribution in [0.1, 0.15) is 32.1 Å². The number of rotatable bonds is 2. The number of urea groups is 1. The summed E-state index contributed by atoms with van der Waals surface area (Å²) >= 11 is 0. The number of aliphatic hydroxyl groups excluding tert-OH is 1. The summed E-state index contributed by atoms with van der Waals surface area (Å²) in [4.78, 5) is 26.6. The Morgan fingerprint density at radius 1 is 1.05 bits per heavy atom. The minimum atomic E-state index is -0.791. The van der Waals surface area contributed by atoms with Gasteiger partial charge in [0.05, 0.1) is 6.10 Å². The van der Waals surface area contributed by atoms with E-state index in [0.29, 0.717) is 39.0 Å². The molecule has 0 spiro atoms. The molecular formula is C13H22N2O4. The van der Waals surface area contributed by atoms with Crippen LogP contribution in [0.25, 0.3) is 0 Å². The van der Waals surface area contributed by atoms with Crippen molar-refractivity contribution in [3.63, 3.8) is 0 Å². The predicted octanol–water partition coefficient (Wildman–Crippen LogP) is 0.750. The standard InChI is InChI=1S/C13H22N2O4/c16-11-3-6-14(7-4-11)13(19)15-5-1-2-10(9-15)8-12(17)18/h10-11,16H,1-9H2,(H,17,18). The highest BCUT2D eigenvalue weighted by Crippen LogP contribution is 2.21. The van der Waals surface area contributed by atoms with E-state index in [0.717, 1.165) is 12.8 Å². The first-order valence-corrected chi connectivity index (χ1v) is 7.00. The van der Waals surface area contributed by atoms with Crippen molar-refractivity contribution in [2.75, 3.05) is 26.2 Å². The van der Waals surface area contributed by atoms with Gasteiger partial charge in [0.25, 0.3) is 0 Å². The number of carboxylic acids is 1. The number of aliphatic hydroxyl groups is 1. The van der Waals surface area contributed by atoms with E-state index in [1.807, 2.05) is 0 Å². The van der Waals surface area contributed by atoms with E-state index in [1.165, 1.54) is 0 Å². The Morgan fingerprint density at radius 3 is 2.37 bits per heavy atom. The lowest BCUT2D eigenvalue weighted by atomic mass is 9.95. The second-order valence-electron chi connectivity index (χ2n) is 5.55. The van der Waals surface area contributed by atoms with Crippen LogP contribution in [0.4, 0.5) is 4.79 Å². The number of piperidine rings is 2. The second kappa shape index (κ2) is 6.23. The Kier molecular flexibility index (Phi) is 4.63. The van der Waals surface area contributed by atoms with Crippen molar-refractivity contribution >= 4 is 12.0 Å². The molecule has 2 saturated heterocycles. The minimum absolute atomic E-state index is 0.00184. The molecule has 0 aliphatic carbocycles. The number of carbonyl (C=O) groups is 2. The van der Waals surface area contributed by atoms with Gasteiger partial charge in [0.15, 0.2) is 0 Å². The molecule has 2 fully saturated rings. The van der Waals surface area contributed by atoms with Gasteiger partial charge in [-0.2, -0.15) is 0 Å². The van der Waals surface area contributed by atoms with Crippen LogP contribution in [0.15, 0.2) is 0 Å². The van der Waals surface area contributed by atoms with Gasteiger partial charge >= 0.3 is 12.0 Å². The minimum Gasteiger partial charge on any atom is -0.481 e. The monoisotopic (exact) mass is 270 g/mol.